The summed E-state index contributed by atoms with van der Waals surface area (Å²) in [5.74, 6) is -12.5. The average Bonchev–Trinajstić information content (AvgIpc) is 2.37. The predicted molar refractivity (Wildman–Crippen MR) is 53.7 cm³/mol. The van der Waals surface area contributed by atoms with Gasteiger partial charge in [-0.05, 0) is 0 Å². The first kappa shape index (κ1) is 14.1. The van der Waals surface area contributed by atoms with E-state index >= 15 is 0 Å². The van der Waals surface area contributed by atoms with Crippen molar-refractivity contribution in [2.75, 3.05) is 5.32 Å². The van der Waals surface area contributed by atoms with Gasteiger partial charge in [0.2, 0.25) is 11.6 Å². The number of hydrogen-bond donors (Lipinski definition) is 1. The number of nitrogens with zero attached hydrogens (tertiary/aromatic N) is 1. The monoisotopic (exact) mass is 296 g/mol. The molecular weight excluding hydrogens is 293 g/mol. The van der Waals surface area contributed by atoms with Gasteiger partial charge >= 0.3 is 0 Å². The molecule has 0 atom stereocenters. The van der Waals surface area contributed by atoms with E-state index in [2.05, 4.69) is 4.98 Å². The largest absolute Gasteiger partial charge is 0.348 e. The first-order valence-electron chi connectivity index (χ1n) is 4.92. The van der Waals surface area contributed by atoms with Crippen molar-refractivity contribution >= 4 is 11.4 Å². The molecule has 2 aromatic rings. The van der Waals surface area contributed by atoms with E-state index < -0.39 is 52.4 Å². The van der Waals surface area contributed by atoms with E-state index in [9.17, 15) is 30.7 Å². The summed E-state index contributed by atoms with van der Waals surface area (Å²) in [6.07, 6.45) is 0. The molecule has 0 saturated heterocycles. The normalized spacial score (nSPS) is 10.8. The van der Waals surface area contributed by atoms with Crippen molar-refractivity contribution in [3.8, 4) is 0 Å². The minimum Gasteiger partial charge on any atom is -0.348 e. The van der Waals surface area contributed by atoms with Crippen LogP contribution in [-0.2, 0) is 0 Å². The van der Waals surface area contributed by atoms with Gasteiger partial charge in [0, 0.05) is 12.1 Å². The zero-order valence-electron chi connectivity index (χ0n) is 9.25. The number of aromatic nitrogens is 1. The van der Waals surface area contributed by atoms with E-state index in [1.807, 2.05) is 0 Å². The molecule has 2 rings (SSSR count). The van der Waals surface area contributed by atoms with Crippen LogP contribution in [0.15, 0.2) is 12.1 Å². The smallest absolute Gasteiger partial charge is 0.253 e. The summed E-state index contributed by atoms with van der Waals surface area (Å²) in [5, 5.41) is 1.55. The number of nitrogens with one attached hydrogen (secondary N) is 1. The van der Waals surface area contributed by atoms with Gasteiger partial charge in [-0.2, -0.15) is 22.5 Å². The van der Waals surface area contributed by atoms with Gasteiger partial charge in [0.25, 0.3) is 11.9 Å². The third-order valence-electron chi connectivity index (χ3n) is 2.25. The average molecular weight is 296 g/mol. The van der Waals surface area contributed by atoms with Crippen LogP contribution in [-0.4, -0.2) is 4.98 Å². The Bertz CT molecular complexity index is 661. The Labute approximate surface area is 106 Å². The van der Waals surface area contributed by atoms with E-state index in [1.165, 1.54) is 0 Å². The highest BCUT2D eigenvalue weighted by molar-refractivity contribution is 5.61. The zero-order chi connectivity index (χ0) is 15.0. The summed E-state index contributed by atoms with van der Waals surface area (Å²) in [6, 6.07) is 0.536. The van der Waals surface area contributed by atoms with Crippen molar-refractivity contribution in [2.24, 2.45) is 0 Å². The minimum absolute atomic E-state index is 0.181. The zero-order valence-corrected chi connectivity index (χ0v) is 9.25. The fourth-order valence-electron chi connectivity index (χ4n) is 1.38. The second-order valence-corrected chi connectivity index (χ2v) is 3.57. The molecule has 1 aromatic heterocycles. The number of pyridine rings is 1. The lowest BCUT2D eigenvalue weighted by Crippen LogP contribution is -2.07. The Hall–Kier alpha value is -2.32. The van der Waals surface area contributed by atoms with Crippen LogP contribution < -0.4 is 5.32 Å². The van der Waals surface area contributed by atoms with Crippen LogP contribution in [0.4, 0.5) is 42.1 Å². The van der Waals surface area contributed by atoms with E-state index in [4.69, 9.17) is 0 Å². The van der Waals surface area contributed by atoms with Gasteiger partial charge in [0.05, 0.1) is 5.69 Å². The van der Waals surface area contributed by atoms with Crippen molar-refractivity contribution in [1.82, 2.24) is 4.98 Å². The molecule has 1 N–H and O–H groups in total. The Balaban J connectivity index is 2.56. The van der Waals surface area contributed by atoms with Crippen molar-refractivity contribution in [3.63, 3.8) is 0 Å². The molecule has 0 aliphatic carbocycles. The molecule has 0 saturated carbocycles. The predicted octanol–water partition coefficient (Wildman–Crippen LogP) is 3.80. The van der Waals surface area contributed by atoms with E-state index in [0.717, 1.165) is 0 Å². The van der Waals surface area contributed by atoms with Gasteiger partial charge in [-0.25, -0.2) is 13.2 Å². The molecule has 0 aliphatic heterocycles. The Morgan fingerprint density at radius 1 is 0.750 bits per heavy atom. The van der Waals surface area contributed by atoms with Crippen LogP contribution in [0.5, 0.6) is 0 Å². The summed E-state index contributed by atoms with van der Waals surface area (Å²) in [4.78, 5) is 2.27. The summed E-state index contributed by atoms with van der Waals surface area (Å²) in [6.45, 7) is 0. The fraction of sp³-hybridized carbons (Fsp3) is 0. The molecule has 2 nitrogen and oxygen atoms in total. The van der Waals surface area contributed by atoms with Crippen molar-refractivity contribution in [1.29, 1.82) is 0 Å². The maximum Gasteiger partial charge on any atom is 0.253 e. The topological polar surface area (TPSA) is 24.9 Å². The van der Waals surface area contributed by atoms with Crippen LogP contribution in [0.3, 0.4) is 0 Å². The summed E-state index contributed by atoms with van der Waals surface area (Å²) in [7, 11) is 0. The molecule has 1 aromatic carbocycles. The van der Waals surface area contributed by atoms with Crippen molar-refractivity contribution < 1.29 is 30.7 Å². The highest BCUT2D eigenvalue weighted by Crippen LogP contribution is 2.28. The number of anilines is 2. The van der Waals surface area contributed by atoms with Gasteiger partial charge < -0.3 is 5.32 Å². The second-order valence-electron chi connectivity index (χ2n) is 3.57. The molecule has 1 heterocycles. The van der Waals surface area contributed by atoms with E-state index in [1.54, 1.807) is 5.32 Å². The Morgan fingerprint density at radius 2 is 1.30 bits per heavy atom. The van der Waals surface area contributed by atoms with Crippen LogP contribution in [0.1, 0.15) is 0 Å². The first-order chi connectivity index (χ1) is 9.31. The van der Waals surface area contributed by atoms with Crippen LogP contribution in [0, 0.1) is 41.0 Å². The molecule has 0 fully saturated rings. The number of benzene rings is 1. The number of halogens is 7. The van der Waals surface area contributed by atoms with E-state index in [0.29, 0.717) is 6.07 Å². The van der Waals surface area contributed by atoms with Crippen LogP contribution >= 0.6 is 0 Å². The molecule has 0 radical (unpaired) electrons. The molecule has 20 heavy (non-hydrogen) atoms. The van der Waals surface area contributed by atoms with Crippen molar-refractivity contribution in [3.05, 3.63) is 53.1 Å². The van der Waals surface area contributed by atoms with Gasteiger partial charge in [0.1, 0.15) is 11.5 Å². The minimum atomic E-state index is -2.00. The Morgan fingerprint density at radius 3 is 1.85 bits per heavy atom. The molecule has 0 amide bonds. The van der Waals surface area contributed by atoms with Gasteiger partial charge in [-0.1, -0.05) is 0 Å². The molecular formula is C11H3F7N2. The molecule has 0 bridgehead atoms. The second kappa shape index (κ2) is 4.99. The lowest BCUT2D eigenvalue weighted by atomic mass is 10.2. The number of hydrogen-bond acceptors (Lipinski definition) is 2. The summed E-state index contributed by atoms with van der Waals surface area (Å²) in [5.41, 5.74) is -2.50. The van der Waals surface area contributed by atoms with Gasteiger partial charge in [-0.3, -0.25) is 0 Å². The van der Waals surface area contributed by atoms with Crippen LogP contribution in [0.2, 0.25) is 0 Å². The van der Waals surface area contributed by atoms with E-state index in [-0.39, 0.29) is 6.07 Å². The maximum absolute atomic E-state index is 13.3. The standard InChI is InChI=1S/C11H3F7N2/c12-3-1-4(13)6(14)5(2-3)19-9-7(15)10(17)20-11(18)8(9)16/h1-2H,(H,19,20). The highest BCUT2D eigenvalue weighted by Gasteiger charge is 2.22. The molecule has 106 valence electrons. The SMILES string of the molecule is Fc1cc(F)c(F)c(Nc2c(F)c(F)nc(F)c2F)c1. The molecule has 9 heteroatoms. The van der Waals surface area contributed by atoms with Gasteiger partial charge in [0.15, 0.2) is 11.6 Å². The molecule has 0 aliphatic rings. The van der Waals surface area contributed by atoms with Crippen LogP contribution in [0.25, 0.3) is 0 Å². The molecule has 0 unspecified atom stereocenters. The fourth-order valence-corrected chi connectivity index (χ4v) is 1.38. The summed E-state index contributed by atoms with van der Waals surface area (Å²) < 4.78 is 91.2. The lowest BCUT2D eigenvalue weighted by Gasteiger charge is -2.10. The third-order valence-corrected chi connectivity index (χ3v) is 2.25. The Kier molecular flexibility index (Phi) is 3.51. The van der Waals surface area contributed by atoms with Gasteiger partial charge in [-0.15, -0.1) is 0 Å². The molecule has 0 spiro atoms. The summed E-state index contributed by atoms with van der Waals surface area (Å²) >= 11 is 0. The van der Waals surface area contributed by atoms with Crippen molar-refractivity contribution in [2.45, 2.75) is 0 Å². The third kappa shape index (κ3) is 2.38. The maximum atomic E-state index is 13.3. The first-order valence-corrected chi connectivity index (χ1v) is 4.92. The highest BCUT2D eigenvalue weighted by atomic mass is 19.2. The quantitative estimate of drug-likeness (QED) is 0.518. The number of rotatable bonds is 2. The lowest BCUT2D eigenvalue weighted by molar-refractivity contribution is 0.411.